The summed E-state index contributed by atoms with van der Waals surface area (Å²) in [7, 11) is 0. The van der Waals surface area contributed by atoms with Gasteiger partial charge in [-0.2, -0.15) is 0 Å². The van der Waals surface area contributed by atoms with Crippen LogP contribution in [0.4, 0.5) is 0 Å². The topological polar surface area (TPSA) is 32.3 Å². The SMILES string of the molecule is CC(NCC1CCCC1CO)c1ccccc1Br. The number of hydrogen-bond acceptors (Lipinski definition) is 2. The summed E-state index contributed by atoms with van der Waals surface area (Å²) in [4.78, 5) is 0. The number of benzene rings is 1. The maximum absolute atomic E-state index is 9.33. The van der Waals surface area contributed by atoms with E-state index in [1.807, 2.05) is 6.07 Å². The van der Waals surface area contributed by atoms with Crippen LogP contribution in [0.15, 0.2) is 28.7 Å². The molecule has 3 atom stereocenters. The molecule has 2 nitrogen and oxygen atoms in total. The highest BCUT2D eigenvalue weighted by Crippen LogP contribution is 2.31. The molecular weight excluding hydrogens is 290 g/mol. The van der Waals surface area contributed by atoms with Crippen LogP contribution in [-0.4, -0.2) is 18.3 Å². The average Bonchev–Trinajstić information content (AvgIpc) is 2.84. The van der Waals surface area contributed by atoms with Crippen molar-refractivity contribution in [1.29, 1.82) is 0 Å². The van der Waals surface area contributed by atoms with E-state index in [4.69, 9.17) is 0 Å². The van der Waals surface area contributed by atoms with Gasteiger partial charge in [-0.1, -0.05) is 40.5 Å². The van der Waals surface area contributed by atoms with Crippen LogP contribution in [0.2, 0.25) is 0 Å². The van der Waals surface area contributed by atoms with Crippen LogP contribution >= 0.6 is 15.9 Å². The van der Waals surface area contributed by atoms with Crippen molar-refractivity contribution in [3.63, 3.8) is 0 Å². The first-order chi connectivity index (χ1) is 8.72. The molecule has 3 unspecified atom stereocenters. The summed E-state index contributed by atoms with van der Waals surface area (Å²) in [6.07, 6.45) is 3.70. The Kier molecular flexibility index (Phi) is 5.22. The maximum atomic E-state index is 9.33. The molecule has 1 fully saturated rings. The molecule has 1 aliphatic rings. The van der Waals surface area contributed by atoms with Gasteiger partial charge in [-0.05, 0) is 49.8 Å². The first-order valence-electron chi connectivity index (χ1n) is 6.81. The Bertz CT molecular complexity index is 383. The summed E-state index contributed by atoms with van der Waals surface area (Å²) in [6.45, 7) is 3.55. The first-order valence-corrected chi connectivity index (χ1v) is 7.60. The fourth-order valence-corrected chi connectivity index (χ4v) is 3.52. The van der Waals surface area contributed by atoms with Gasteiger partial charge in [0.05, 0.1) is 0 Å². The Morgan fingerprint density at radius 2 is 2.06 bits per heavy atom. The van der Waals surface area contributed by atoms with E-state index in [0.717, 1.165) is 11.0 Å². The minimum atomic E-state index is 0.343. The lowest BCUT2D eigenvalue weighted by Gasteiger charge is -2.22. The molecule has 1 aliphatic carbocycles. The number of aliphatic hydroxyl groups is 1. The summed E-state index contributed by atoms with van der Waals surface area (Å²) in [5, 5.41) is 12.9. The van der Waals surface area contributed by atoms with Gasteiger partial charge >= 0.3 is 0 Å². The molecule has 0 spiro atoms. The zero-order chi connectivity index (χ0) is 13.0. The summed E-state index contributed by atoms with van der Waals surface area (Å²) >= 11 is 3.60. The van der Waals surface area contributed by atoms with Gasteiger partial charge in [-0.15, -0.1) is 0 Å². The molecule has 1 aromatic rings. The lowest BCUT2D eigenvalue weighted by atomic mass is 9.96. The number of aliphatic hydroxyl groups excluding tert-OH is 1. The average molecular weight is 312 g/mol. The van der Waals surface area contributed by atoms with Crippen LogP contribution in [0, 0.1) is 11.8 Å². The summed E-state index contributed by atoms with van der Waals surface area (Å²) in [5.74, 6) is 1.14. The second-order valence-corrected chi connectivity index (χ2v) is 6.14. The third-order valence-electron chi connectivity index (χ3n) is 4.11. The van der Waals surface area contributed by atoms with E-state index in [9.17, 15) is 5.11 Å². The molecule has 2 rings (SSSR count). The highest BCUT2D eigenvalue weighted by Gasteiger charge is 2.26. The molecule has 3 heteroatoms. The first kappa shape index (κ1) is 14.0. The van der Waals surface area contributed by atoms with Crippen LogP contribution in [0.3, 0.4) is 0 Å². The van der Waals surface area contributed by atoms with Gasteiger partial charge in [-0.3, -0.25) is 0 Å². The van der Waals surface area contributed by atoms with Crippen molar-refractivity contribution in [2.24, 2.45) is 11.8 Å². The third kappa shape index (κ3) is 3.34. The van der Waals surface area contributed by atoms with E-state index in [2.05, 4.69) is 46.4 Å². The number of halogens is 1. The van der Waals surface area contributed by atoms with Crippen LogP contribution in [0.5, 0.6) is 0 Å². The van der Waals surface area contributed by atoms with Gasteiger partial charge in [0.25, 0.3) is 0 Å². The molecular formula is C15H22BrNO. The van der Waals surface area contributed by atoms with Gasteiger partial charge < -0.3 is 10.4 Å². The normalized spacial score (nSPS) is 25.3. The third-order valence-corrected chi connectivity index (χ3v) is 4.83. The number of nitrogens with one attached hydrogen (secondary N) is 1. The minimum Gasteiger partial charge on any atom is -0.396 e. The van der Waals surface area contributed by atoms with E-state index >= 15 is 0 Å². The van der Waals surface area contributed by atoms with Crippen molar-refractivity contribution in [1.82, 2.24) is 5.32 Å². The van der Waals surface area contributed by atoms with E-state index in [1.54, 1.807) is 0 Å². The lowest BCUT2D eigenvalue weighted by Crippen LogP contribution is -2.29. The van der Waals surface area contributed by atoms with Crippen molar-refractivity contribution in [2.45, 2.75) is 32.2 Å². The molecule has 100 valence electrons. The Balaban J connectivity index is 1.88. The van der Waals surface area contributed by atoms with E-state index < -0.39 is 0 Å². The van der Waals surface area contributed by atoms with Crippen molar-refractivity contribution in [3.8, 4) is 0 Å². The highest BCUT2D eigenvalue weighted by molar-refractivity contribution is 9.10. The molecule has 0 amide bonds. The monoisotopic (exact) mass is 311 g/mol. The Labute approximate surface area is 118 Å². The van der Waals surface area contributed by atoms with Crippen molar-refractivity contribution >= 4 is 15.9 Å². The predicted molar refractivity (Wildman–Crippen MR) is 78.5 cm³/mol. The molecule has 0 aliphatic heterocycles. The van der Waals surface area contributed by atoms with E-state index in [0.29, 0.717) is 24.5 Å². The summed E-state index contributed by atoms with van der Waals surface area (Å²) < 4.78 is 1.16. The Morgan fingerprint density at radius 1 is 1.33 bits per heavy atom. The number of hydrogen-bond donors (Lipinski definition) is 2. The molecule has 18 heavy (non-hydrogen) atoms. The van der Waals surface area contributed by atoms with Gasteiger partial charge in [0.15, 0.2) is 0 Å². The minimum absolute atomic E-state index is 0.343. The molecule has 0 saturated heterocycles. The molecule has 2 N–H and O–H groups in total. The van der Waals surface area contributed by atoms with E-state index in [-0.39, 0.29) is 0 Å². The molecule has 0 aromatic heterocycles. The van der Waals surface area contributed by atoms with E-state index in [1.165, 1.54) is 24.8 Å². The molecule has 1 saturated carbocycles. The predicted octanol–water partition coefficient (Wildman–Crippen LogP) is 3.51. The fraction of sp³-hybridized carbons (Fsp3) is 0.600. The maximum Gasteiger partial charge on any atom is 0.0462 e. The molecule has 0 heterocycles. The highest BCUT2D eigenvalue weighted by atomic mass is 79.9. The standard InChI is InChI=1S/C15H22BrNO/c1-11(14-7-2-3-8-15(14)16)17-9-12-5-4-6-13(12)10-18/h2-3,7-8,11-13,17-18H,4-6,9-10H2,1H3. The van der Waals surface area contributed by atoms with Crippen LogP contribution in [-0.2, 0) is 0 Å². The van der Waals surface area contributed by atoms with Crippen molar-refractivity contribution in [3.05, 3.63) is 34.3 Å². The van der Waals surface area contributed by atoms with Crippen LogP contribution in [0.25, 0.3) is 0 Å². The molecule has 0 radical (unpaired) electrons. The quantitative estimate of drug-likeness (QED) is 0.872. The summed E-state index contributed by atoms with van der Waals surface area (Å²) in [5.41, 5.74) is 1.30. The van der Waals surface area contributed by atoms with Gasteiger partial charge in [0.2, 0.25) is 0 Å². The largest absolute Gasteiger partial charge is 0.396 e. The fourth-order valence-electron chi connectivity index (χ4n) is 2.89. The molecule has 0 bridgehead atoms. The molecule has 1 aromatic carbocycles. The van der Waals surface area contributed by atoms with Gasteiger partial charge in [-0.25, -0.2) is 0 Å². The Hall–Kier alpha value is -0.380. The van der Waals surface area contributed by atoms with Crippen LogP contribution < -0.4 is 5.32 Å². The Morgan fingerprint density at radius 3 is 2.78 bits per heavy atom. The zero-order valence-corrected chi connectivity index (χ0v) is 12.5. The number of rotatable bonds is 5. The zero-order valence-electron chi connectivity index (χ0n) is 10.9. The second kappa shape index (κ2) is 6.69. The lowest BCUT2D eigenvalue weighted by molar-refractivity contribution is 0.190. The van der Waals surface area contributed by atoms with Crippen LogP contribution in [0.1, 0.15) is 37.8 Å². The van der Waals surface area contributed by atoms with Gasteiger partial charge in [0, 0.05) is 17.1 Å². The van der Waals surface area contributed by atoms with Crippen molar-refractivity contribution in [2.75, 3.05) is 13.2 Å². The van der Waals surface area contributed by atoms with Crippen molar-refractivity contribution < 1.29 is 5.11 Å². The van der Waals surface area contributed by atoms with Gasteiger partial charge in [0.1, 0.15) is 0 Å². The second-order valence-electron chi connectivity index (χ2n) is 5.29. The summed E-state index contributed by atoms with van der Waals surface area (Å²) in [6, 6.07) is 8.70. The smallest absolute Gasteiger partial charge is 0.0462 e.